The molecule has 1 aromatic carbocycles. The van der Waals surface area contributed by atoms with Crippen LogP contribution in [0.1, 0.15) is 29.4 Å². The SMILES string of the molecule is CCOC(=O)c1cnn(-c2cccc(NC(=O)CCN)c2)c1C(F)(F)F. The molecule has 0 fully saturated rings. The number of alkyl halides is 3. The Kier molecular flexibility index (Phi) is 5.98. The van der Waals surface area contributed by atoms with E-state index in [4.69, 9.17) is 5.73 Å². The Morgan fingerprint density at radius 3 is 2.69 bits per heavy atom. The Bertz CT molecular complexity index is 802. The number of nitrogens with zero attached hydrogens (tertiary/aromatic N) is 2. The lowest BCUT2D eigenvalue weighted by atomic mass is 10.2. The van der Waals surface area contributed by atoms with Crippen LogP contribution >= 0.6 is 0 Å². The second kappa shape index (κ2) is 8.00. The van der Waals surface area contributed by atoms with Gasteiger partial charge in [-0.05, 0) is 25.1 Å². The average Bonchev–Trinajstić information content (AvgIpc) is 3.01. The molecule has 3 N–H and O–H groups in total. The number of aromatic nitrogens is 2. The maximum absolute atomic E-state index is 13.5. The fourth-order valence-electron chi connectivity index (χ4n) is 2.25. The van der Waals surface area contributed by atoms with Gasteiger partial charge in [0.2, 0.25) is 5.91 Å². The number of halogens is 3. The normalized spacial score (nSPS) is 11.3. The third-order valence-electron chi connectivity index (χ3n) is 3.28. The number of anilines is 1. The number of rotatable bonds is 6. The van der Waals surface area contributed by atoms with Gasteiger partial charge in [-0.1, -0.05) is 6.07 Å². The molecule has 2 rings (SSSR count). The van der Waals surface area contributed by atoms with Crippen LogP contribution in [0.5, 0.6) is 0 Å². The molecule has 0 aliphatic heterocycles. The highest BCUT2D eigenvalue weighted by Gasteiger charge is 2.41. The number of carbonyl (C=O) groups is 2. The van der Waals surface area contributed by atoms with E-state index in [2.05, 4.69) is 15.2 Å². The summed E-state index contributed by atoms with van der Waals surface area (Å²) in [7, 11) is 0. The van der Waals surface area contributed by atoms with Crippen LogP contribution in [0.25, 0.3) is 5.69 Å². The van der Waals surface area contributed by atoms with Gasteiger partial charge >= 0.3 is 12.1 Å². The number of ether oxygens (including phenoxy) is 1. The van der Waals surface area contributed by atoms with Crippen LogP contribution in [0, 0.1) is 0 Å². The van der Waals surface area contributed by atoms with E-state index in [1.807, 2.05) is 0 Å². The van der Waals surface area contributed by atoms with Crippen molar-refractivity contribution in [2.24, 2.45) is 5.73 Å². The zero-order valence-electron chi connectivity index (χ0n) is 13.8. The van der Waals surface area contributed by atoms with E-state index in [0.717, 1.165) is 6.20 Å². The highest BCUT2D eigenvalue weighted by molar-refractivity contribution is 5.92. The number of hydrogen-bond acceptors (Lipinski definition) is 5. The Morgan fingerprint density at radius 2 is 2.08 bits per heavy atom. The van der Waals surface area contributed by atoms with Crippen molar-refractivity contribution in [3.8, 4) is 5.69 Å². The van der Waals surface area contributed by atoms with Crippen LogP contribution in [0.4, 0.5) is 18.9 Å². The van der Waals surface area contributed by atoms with Gasteiger partial charge < -0.3 is 15.8 Å². The lowest BCUT2D eigenvalue weighted by Crippen LogP contribution is -2.19. The van der Waals surface area contributed by atoms with Gasteiger partial charge in [0.1, 0.15) is 5.56 Å². The molecular weight excluding hydrogens is 353 g/mol. The fraction of sp³-hybridized carbons (Fsp3) is 0.312. The number of amides is 1. The van der Waals surface area contributed by atoms with Gasteiger partial charge in [-0.3, -0.25) is 4.79 Å². The maximum atomic E-state index is 13.5. The molecule has 140 valence electrons. The predicted molar refractivity (Wildman–Crippen MR) is 86.8 cm³/mol. The molecule has 1 amide bonds. The first kappa shape index (κ1) is 19.4. The zero-order chi connectivity index (χ0) is 19.3. The van der Waals surface area contributed by atoms with Crippen molar-refractivity contribution < 1.29 is 27.5 Å². The summed E-state index contributed by atoms with van der Waals surface area (Å²) in [6.07, 6.45) is -3.95. The van der Waals surface area contributed by atoms with Crippen LogP contribution in [-0.2, 0) is 15.7 Å². The summed E-state index contributed by atoms with van der Waals surface area (Å²) in [5, 5.41) is 6.20. The van der Waals surface area contributed by atoms with E-state index in [1.54, 1.807) is 0 Å². The minimum atomic E-state index is -4.84. The van der Waals surface area contributed by atoms with Crippen LogP contribution in [0.3, 0.4) is 0 Å². The topological polar surface area (TPSA) is 99.2 Å². The minimum Gasteiger partial charge on any atom is -0.462 e. The summed E-state index contributed by atoms with van der Waals surface area (Å²) in [4.78, 5) is 23.4. The number of hydrogen-bond donors (Lipinski definition) is 2. The fourth-order valence-corrected chi connectivity index (χ4v) is 2.25. The Balaban J connectivity index is 2.45. The molecule has 0 aliphatic rings. The summed E-state index contributed by atoms with van der Waals surface area (Å²) in [6.45, 7) is 1.57. The number of nitrogens with one attached hydrogen (secondary N) is 1. The van der Waals surface area contributed by atoms with Crippen LogP contribution < -0.4 is 11.1 Å². The van der Waals surface area contributed by atoms with Crippen LogP contribution in [-0.4, -0.2) is 34.8 Å². The van der Waals surface area contributed by atoms with Crippen LogP contribution in [0.2, 0.25) is 0 Å². The van der Waals surface area contributed by atoms with Gasteiger partial charge in [-0.25, -0.2) is 9.48 Å². The monoisotopic (exact) mass is 370 g/mol. The second-order valence-electron chi connectivity index (χ2n) is 5.17. The average molecular weight is 370 g/mol. The largest absolute Gasteiger partial charge is 0.462 e. The number of nitrogens with two attached hydrogens (primary N) is 1. The molecule has 7 nitrogen and oxygen atoms in total. The molecule has 0 saturated heterocycles. The molecule has 0 saturated carbocycles. The molecule has 1 aromatic heterocycles. The van der Waals surface area contributed by atoms with Crippen molar-refractivity contribution in [3.63, 3.8) is 0 Å². The quantitative estimate of drug-likeness (QED) is 0.761. The van der Waals surface area contributed by atoms with E-state index in [1.165, 1.54) is 31.2 Å². The third-order valence-corrected chi connectivity index (χ3v) is 3.28. The standard InChI is InChI=1S/C16H17F3N4O3/c1-2-26-15(25)12-9-21-23(14(12)16(17,18)19)11-5-3-4-10(8-11)22-13(24)6-7-20/h3-5,8-9H,2,6-7,20H2,1H3,(H,22,24). The van der Waals surface area contributed by atoms with Gasteiger partial charge in [0, 0.05) is 18.7 Å². The first-order valence-electron chi connectivity index (χ1n) is 7.70. The predicted octanol–water partition coefficient (Wildman–Crippen LogP) is 2.36. The molecule has 26 heavy (non-hydrogen) atoms. The molecular formula is C16H17F3N4O3. The summed E-state index contributed by atoms with van der Waals surface area (Å²) < 4.78 is 45.7. The van der Waals surface area contributed by atoms with E-state index < -0.39 is 23.4 Å². The first-order valence-corrected chi connectivity index (χ1v) is 7.70. The summed E-state index contributed by atoms with van der Waals surface area (Å²) >= 11 is 0. The summed E-state index contributed by atoms with van der Waals surface area (Å²) in [5.74, 6) is -1.48. The smallest absolute Gasteiger partial charge is 0.434 e. The Labute approximate surface area is 146 Å². The number of esters is 1. The molecule has 1 heterocycles. The lowest BCUT2D eigenvalue weighted by Gasteiger charge is -2.13. The van der Waals surface area contributed by atoms with Crippen LogP contribution in [0.15, 0.2) is 30.5 Å². The van der Waals surface area contributed by atoms with Crippen molar-refractivity contribution in [3.05, 3.63) is 41.7 Å². The van der Waals surface area contributed by atoms with Crippen molar-refractivity contribution in [1.29, 1.82) is 0 Å². The lowest BCUT2D eigenvalue weighted by molar-refractivity contribution is -0.143. The van der Waals surface area contributed by atoms with Gasteiger partial charge in [0.05, 0.1) is 18.5 Å². The molecule has 10 heteroatoms. The molecule has 0 radical (unpaired) electrons. The minimum absolute atomic E-state index is 0.0263. The van der Waals surface area contributed by atoms with E-state index in [9.17, 15) is 22.8 Å². The first-order chi connectivity index (χ1) is 12.3. The van der Waals surface area contributed by atoms with E-state index in [0.29, 0.717) is 4.68 Å². The zero-order valence-corrected chi connectivity index (χ0v) is 13.8. The Hall–Kier alpha value is -2.88. The van der Waals surface area contributed by atoms with Crippen molar-refractivity contribution >= 4 is 17.6 Å². The molecule has 0 bridgehead atoms. The summed E-state index contributed by atoms with van der Waals surface area (Å²) in [6, 6.07) is 5.65. The van der Waals surface area contributed by atoms with Gasteiger partial charge in [0.25, 0.3) is 0 Å². The van der Waals surface area contributed by atoms with Gasteiger partial charge in [0.15, 0.2) is 5.69 Å². The highest BCUT2D eigenvalue weighted by atomic mass is 19.4. The molecule has 0 unspecified atom stereocenters. The second-order valence-corrected chi connectivity index (χ2v) is 5.17. The van der Waals surface area contributed by atoms with Gasteiger partial charge in [-0.2, -0.15) is 18.3 Å². The van der Waals surface area contributed by atoms with E-state index in [-0.39, 0.29) is 36.9 Å². The highest BCUT2D eigenvalue weighted by Crippen LogP contribution is 2.34. The number of carbonyl (C=O) groups excluding carboxylic acids is 2. The molecule has 0 aliphatic carbocycles. The van der Waals surface area contributed by atoms with Crippen molar-refractivity contribution in [2.75, 3.05) is 18.5 Å². The number of benzene rings is 1. The summed E-state index contributed by atoms with van der Waals surface area (Å²) in [5.41, 5.74) is 3.66. The Morgan fingerprint density at radius 1 is 1.35 bits per heavy atom. The molecule has 0 atom stereocenters. The maximum Gasteiger partial charge on any atom is 0.434 e. The molecule has 0 spiro atoms. The third kappa shape index (κ3) is 4.39. The van der Waals surface area contributed by atoms with E-state index >= 15 is 0 Å². The van der Waals surface area contributed by atoms with Crippen molar-refractivity contribution in [2.45, 2.75) is 19.5 Å². The van der Waals surface area contributed by atoms with Crippen molar-refractivity contribution in [1.82, 2.24) is 9.78 Å². The van der Waals surface area contributed by atoms with Gasteiger partial charge in [-0.15, -0.1) is 0 Å². The molecule has 2 aromatic rings.